The number of nitrogens with two attached hydrogens (primary N) is 1. The molecule has 0 unspecified atom stereocenters. The Morgan fingerprint density at radius 3 is 2.23 bits per heavy atom. The van der Waals surface area contributed by atoms with Crippen molar-refractivity contribution in [3.05, 3.63) is 53.2 Å². The number of nitrogens with zero attached hydrogens (tertiary/aromatic N) is 1. The standard InChI is InChI=1S/C14H10F6N2/c15-13(16,17)10-3-4-12(14(18,19)20)11(8-10)9(5-7-22)2-1-6-21/h2-5,7-8H,1,22H2/b7-5-,9-2+. The van der Waals surface area contributed by atoms with Crippen LogP contribution in [0.25, 0.3) is 5.57 Å². The third-order valence-electron chi connectivity index (χ3n) is 2.65. The summed E-state index contributed by atoms with van der Waals surface area (Å²) < 4.78 is 77.0. The Kier molecular flexibility index (Phi) is 5.25. The normalized spacial score (nSPS) is 13.4. The second-order valence-electron chi connectivity index (χ2n) is 4.14. The topological polar surface area (TPSA) is 49.8 Å². The molecule has 0 amide bonds. The van der Waals surface area contributed by atoms with Crippen LogP contribution in [0.15, 0.2) is 36.6 Å². The molecule has 0 atom stereocenters. The van der Waals surface area contributed by atoms with E-state index in [0.29, 0.717) is 18.2 Å². The molecule has 22 heavy (non-hydrogen) atoms. The minimum absolute atomic E-state index is 0.206. The highest BCUT2D eigenvalue weighted by Crippen LogP contribution is 2.39. The van der Waals surface area contributed by atoms with E-state index in [9.17, 15) is 26.3 Å². The number of rotatable bonds is 3. The summed E-state index contributed by atoms with van der Waals surface area (Å²) in [5, 5.41) is 8.49. The lowest BCUT2D eigenvalue weighted by atomic mass is 9.95. The molecule has 0 radical (unpaired) electrons. The summed E-state index contributed by atoms with van der Waals surface area (Å²) in [5.74, 6) is 0. The lowest BCUT2D eigenvalue weighted by Crippen LogP contribution is -2.12. The minimum atomic E-state index is -4.84. The van der Waals surface area contributed by atoms with E-state index >= 15 is 0 Å². The van der Waals surface area contributed by atoms with E-state index in [1.54, 1.807) is 6.07 Å². The molecule has 0 heterocycles. The Hall–Kier alpha value is -2.43. The molecule has 0 saturated heterocycles. The lowest BCUT2D eigenvalue weighted by Gasteiger charge is -2.16. The summed E-state index contributed by atoms with van der Waals surface area (Å²) in [6.45, 7) is 0. The van der Waals surface area contributed by atoms with Crippen molar-refractivity contribution in [1.29, 1.82) is 5.26 Å². The highest BCUT2D eigenvalue weighted by molar-refractivity contribution is 5.77. The number of nitriles is 1. The van der Waals surface area contributed by atoms with E-state index < -0.39 is 29.0 Å². The Bertz CT molecular complexity index is 632. The molecule has 2 N–H and O–H groups in total. The van der Waals surface area contributed by atoms with Crippen molar-refractivity contribution in [3.63, 3.8) is 0 Å². The molecule has 8 heteroatoms. The van der Waals surface area contributed by atoms with Gasteiger partial charge in [-0.05, 0) is 41.6 Å². The molecule has 0 aromatic heterocycles. The average molecular weight is 320 g/mol. The molecule has 1 rings (SSSR count). The first-order chi connectivity index (χ1) is 10.1. The maximum absolute atomic E-state index is 13.0. The zero-order chi connectivity index (χ0) is 17.0. The molecule has 0 saturated carbocycles. The SMILES string of the molecule is N#CC/C=C(\C=C/N)c1cc(C(F)(F)F)ccc1C(F)(F)F. The third kappa shape index (κ3) is 4.28. The Morgan fingerprint density at radius 2 is 1.77 bits per heavy atom. The molecule has 0 aliphatic carbocycles. The van der Waals surface area contributed by atoms with Gasteiger partial charge in [-0.15, -0.1) is 0 Å². The van der Waals surface area contributed by atoms with E-state index in [1.165, 1.54) is 0 Å². The van der Waals surface area contributed by atoms with Crippen LogP contribution in [0.2, 0.25) is 0 Å². The number of benzene rings is 1. The first-order valence-electron chi connectivity index (χ1n) is 5.85. The average Bonchev–Trinajstić information content (AvgIpc) is 2.41. The van der Waals surface area contributed by atoms with Gasteiger partial charge in [-0.1, -0.05) is 6.08 Å². The van der Waals surface area contributed by atoms with Gasteiger partial charge >= 0.3 is 12.4 Å². The first kappa shape index (κ1) is 17.6. The molecule has 1 aromatic rings. The fraction of sp³-hybridized carbons (Fsp3) is 0.214. The van der Waals surface area contributed by atoms with Gasteiger partial charge in [0, 0.05) is 0 Å². The number of halogens is 6. The van der Waals surface area contributed by atoms with Crippen LogP contribution in [0.3, 0.4) is 0 Å². The monoisotopic (exact) mass is 320 g/mol. The number of alkyl halides is 6. The predicted molar refractivity (Wildman–Crippen MR) is 68.0 cm³/mol. The van der Waals surface area contributed by atoms with Crippen molar-refractivity contribution in [2.24, 2.45) is 5.73 Å². The van der Waals surface area contributed by atoms with Crippen molar-refractivity contribution in [1.82, 2.24) is 0 Å². The summed E-state index contributed by atoms with van der Waals surface area (Å²) in [4.78, 5) is 0. The maximum Gasteiger partial charge on any atom is 0.417 e. The maximum atomic E-state index is 13.0. The van der Waals surface area contributed by atoms with Crippen LogP contribution in [0.1, 0.15) is 23.1 Å². The van der Waals surface area contributed by atoms with Crippen molar-refractivity contribution < 1.29 is 26.3 Å². The van der Waals surface area contributed by atoms with Crippen LogP contribution in [0, 0.1) is 11.3 Å². The number of allylic oxidation sites excluding steroid dienone is 3. The molecule has 0 bridgehead atoms. The summed E-state index contributed by atoms with van der Waals surface area (Å²) in [6, 6.07) is 2.80. The second kappa shape index (κ2) is 6.56. The minimum Gasteiger partial charge on any atom is -0.405 e. The zero-order valence-corrected chi connectivity index (χ0v) is 11.0. The lowest BCUT2D eigenvalue weighted by molar-refractivity contribution is -0.141. The predicted octanol–water partition coefficient (Wildman–Crippen LogP) is 4.49. The van der Waals surface area contributed by atoms with Crippen LogP contribution in [0.5, 0.6) is 0 Å². The van der Waals surface area contributed by atoms with Crippen molar-refractivity contribution >= 4 is 5.57 Å². The Balaban J connectivity index is 3.61. The van der Waals surface area contributed by atoms with Gasteiger partial charge in [0.15, 0.2) is 0 Å². The Morgan fingerprint density at radius 1 is 1.14 bits per heavy atom. The van der Waals surface area contributed by atoms with Crippen LogP contribution >= 0.6 is 0 Å². The van der Waals surface area contributed by atoms with Crippen LogP contribution in [-0.2, 0) is 12.4 Å². The largest absolute Gasteiger partial charge is 0.417 e. The van der Waals surface area contributed by atoms with Crippen molar-refractivity contribution in [2.75, 3.05) is 0 Å². The third-order valence-corrected chi connectivity index (χ3v) is 2.65. The van der Waals surface area contributed by atoms with Crippen LogP contribution < -0.4 is 5.73 Å². The van der Waals surface area contributed by atoms with Crippen molar-refractivity contribution in [2.45, 2.75) is 18.8 Å². The first-order valence-corrected chi connectivity index (χ1v) is 5.85. The Labute approximate surface area is 122 Å². The summed E-state index contributed by atoms with van der Waals surface area (Å²) in [7, 11) is 0. The smallest absolute Gasteiger partial charge is 0.405 e. The fourth-order valence-corrected chi connectivity index (χ4v) is 1.73. The molecular weight excluding hydrogens is 310 g/mol. The molecule has 118 valence electrons. The second-order valence-corrected chi connectivity index (χ2v) is 4.14. The number of hydrogen-bond donors (Lipinski definition) is 1. The molecule has 0 aliphatic rings. The van der Waals surface area contributed by atoms with Gasteiger partial charge < -0.3 is 5.73 Å². The van der Waals surface area contributed by atoms with E-state index in [1.807, 2.05) is 0 Å². The summed E-state index contributed by atoms with van der Waals surface area (Å²) in [6.07, 6.45) is -6.91. The molecule has 1 aromatic carbocycles. The van der Waals surface area contributed by atoms with Gasteiger partial charge in [-0.2, -0.15) is 31.6 Å². The highest BCUT2D eigenvalue weighted by Gasteiger charge is 2.37. The van der Waals surface area contributed by atoms with Gasteiger partial charge in [-0.25, -0.2) is 0 Å². The summed E-state index contributed by atoms with van der Waals surface area (Å²) in [5.41, 5.74) is 1.77. The molecule has 0 spiro atoms. The van der Waals surface area contributed by atoms with Gasteiger partial charge in [0.25, 0.3) is 0 Å². The molecular formula is C14H10F6N2. The van der Waals surface area contributed by atoms with Gasteiger partial charge in [-0.3, -0.25) is 0 Å². The van der Waals surface area contributed by atoms with Crippen molar-refractivity contribution in [3.8, 4) is 6.07 Å². The van der Waals surface area contributed by atoms with E-state index in [-0.39, 0.29) is 12.0 Å². The van der Waals surface area contributed by atoms with E-state index in [0.717, 1.165) is 18.4 Å². The van der Waals surface area contributed by atoms with E-state index in [2.05, 4.69) is 0 Å². The molecule has 0 aliphatic heterocycles. The summed E-state index contributed by atoms with van der Waals surface area (Å²) >= 11 is 0. The van der Waals surface area contributed by atoms with Gasteiger partial charge in [0.2, 0.25) is 0 Å². The number of hydrogen-bond acceptors (Lipinski definition) is 2. The van der Waals surface area contributed by atoms with E-state index in [4.69, 9.17) is 11.0 Å². The zero-order valence-electron chi connectivity index (χ0n) is 11.0. The fourth-order valence-electron chi connectivity index (χ4n) is 1.73. The molecule has 2 nitrogen and oxygen atoms in total. The van der Waals surface area contributed by atoms with Crippen LogP contribution in [0.4, 0.5) is 26.3 Å². The van der Waals surface area contributed by atoms with Gasteiger partial charge in [0.05, 0.1) is 23.6 Å². The molecule has 0 fully saturated rings. The van der Waals surface area contributed by atoms with Crippen LogP contribution in [-0.4, -0.2) is 0 Å². The quantitative estimate of drug-likeness (QED) is 0.659. The highest BCUT2D eigenvalue weighted by atomic mass is 19.4. The van der Waals surface area contributed by atoms with Gasteiger partial charge in [0.1, 0.15) is 0 Å².